The molecule has 0 saturated carbocycles. The van der Waals surface area contributed by atoms with Crippen molar-refractivity contribution in [2.75, 3.05) is 20.6 Å². The van der Waals surface area contributed by atoms with E-state index in [1.165, 1.54) is 16.7 Å². The molecular formula is C22H28N4O. The Morgan fingerprint density at radius 2 is 1.74 bits per heavy atom. The van der Waals surface area contributed by atoms with E-state index < -0.39 is 0 Å². The van der Waals surface area contributed by atoms with Crippen molar-refractivity contribution in [1.82, 2.24) is 15.1 Å². The van der Waals surface area contributed by atoms with Crippen LogP contribution >= 0.6 is 0 Å². The van der Waals surface area contributed by atoms with E-state index in [2.05, 4.69) is 41.7 Å². The van der Waals surface area contributed by atoms with E-state index in [9.17, 15) is 4.79 Å². The third-order valence-corrected chi connectivity index (χ3v) is 4.70. The van der Waals surface area contributed by atoms with Gasteiger partial charge in [-0.15, -0.1) is 0 Å². The molecule has 142 valence electrons. The van der Waals surface area contributed by atoms with Gasteiger partial charge >= 0.3 is 0 Å². The van der Waals surface area contributed by atoms with Gasteiger partial charge in [-0.25, -0.2) is 4.99 Å². The molecule has 1 fully saturated rings. The number of carbonyl (C=O) groups excluding carboxylic acids is 1. The highest BCUT2D eigenvalue weighted by molar-refractivity contribution is 5.79. The maximum absolute atomic E-state index is 11.7. The second-order valence-electron chi connectivity index (χ2n) is 7.11. The summed E-state index contributed by atoms with van der Waals surface area (Å²) in [7, 11) is 3.99. The van der Waals surface area contributed by atoms with E-state index in [0.717, 1.165) is 18.9 Å². The lowest BCUT2D eigenvalue weighted by Gasteiger charge is -2.18. The number of likely N-dealkylation sites (tertiary alicyclic amines) is 1. The highest BCUT2D eigenvalue weighted by Gasteiger charge is 2.19. The molecule has 0 bridgehead atoms. The molecule has 0 spiro atoms. The molecule has 5 heteroatoms. The zero-order valence-corrected chi connectivity index (χ0v) is 16.2. The minimum atomic E-state index is 0.269. The topological polar surface area (TPSA) is 47.9 Å². The van der Waals surface area contributed by atoms with E-state index in [1.54, 1.807) is 0 Å². The van der Waals surface area contributed by atoms with Crippen LogP contribution in [0.4, 0.5) is 0 Å². The summed E-state index contributed by atoms with van der Waals surface area (Å²) in [6, 6.07) is 18.7. The predicted molar refractivity (Wildman–Crippen MR) is 109 cm³/mol. The number of hydrogen-bond donors (Lipinski definition) is 1. The summed E-state index contributed by atoms with van der Waals surface area (Å²) in [5.41, 5.74) is 3.57. The molecule has 2 aromatic carbocycles. The van der Waals surface area contributed by atoms with Crippen LogP contribution in [0.2, 0.25) is 0 Å². The van der Waals surface area contributed by atoms with Gasteiger partial charge in [0.1, 0.15) is 0 Å². The number of nitrogens with zero attached hydrogens (tertiary/aromatic N) is 3. The van der Waals surface area contributed by atoms with E-state index in [1.807, 2.05) is 42.1 Å². The largest absolute Gasteiger partial charge is 0.352 e. The molecule has 0 atom stereocenters. The van der Waals surface area contributed by atoms with Crippen molar-refractivity contribution in [2.24, 2.45) is 4.99 Å². The molecule has 3 rings (SSSR count). The van der Waals surface area contributed by atoms with Gasteiger partial charge in [0.15, 0.2) is 5.96 Å². The predicted octanol–water partition coefficient (Wildman–Crippen LogP) is 3.02. The number of benzene rings is 2. The van der Waals surface area contributed by atoms with Crippen LogP contribution in [-0.2, 0) is 24.4 Å². The van der Waals surface area contributed by atoms with Crippen LogP contribution in [0.25, 0.3) is 0 Å². The fourth-order valence-corrected chi connectivity index (χ4v) is 3.14. The molecule has 0 unspecified atom stereocenters. The Labute approximate surface area is 161 Å². The Morgan fingerprint density at radius 1 is 1.04 bits per heavy atom. The first-order valence-electron chi connectivity index (χ1n) is 9.47. The molecule has 5 nitrogen and oxygen atoms in total. The minimum Gasteiger partial charge on any atom is -0.352 e. The van der Waals surface area contributed by atoms with Crippen molar-refractivity contribution < 1.29 is 4.79 Å². The molecule has 1 N–H and O–H groups in total. The first-order chi connectivity index (χ1) is 13.1. The average Bonchev–Trinajstić information content (AvgIpc) is 3.08. The van der Waals surface area contributed by atoms with Crippen LogP contribution < -0.4 is 5.32 Å². The standard InChI is InChI=1S/C22H28N4O/c1-25(2)22(23-15-18-7-4-3-5-8-18)24-16-19-10-12-20(13-11-19)17-26-14-6-9-21(26)27/h3-5,7-8,10-13H,6,9,14-17H2,1-2H3,(H,23,24). The maximum atomic E-state index is 11.7. The Hall–Kier alpha value is -2.82. The zero-order chi connectivity index (χ0) is 19.1. The third kappa shape index (κ3) is 5.58. The summed E-state index contributed by atoms with van der Waals surface area (Å²) in [5.74, 6) is 1.14. The maximum Gasteiger partial charge on any atom is 0.222 e. The Bertz CT molecular complexity index is 769. The lowest BCUT2D eigenvalue weighted by atomic mass is 10.1. The molecule has 0 aromatic heterocycles. The summed E-state index contributed by atoms with van der Waals surface area (Å²) in [5, 5.41) is 3.42. The third-order valence-electron chi connectivity index (χ3n) is 4.70. The van der Waals surface area contributed by atoms with Crippen LogP contribution in [0, 0.1) is 0 Å². The number of aliphatic imine (C=N–C) groups is 1. The molecule has 1 aliphatic heterocycles. The van der Waals surface area contributed by atoms with Gasteiger partial charge in [-0.2, -0.15) is 0 Å². The van der Waals surface area contributed by atoms with Crippen molar-refractivity contribution in [2.45, 2.75) is 32.5 Å². The summed E-state index contributed by atoms with van der Waals surface area (Å²) in [6.07, 6.45) is 1.67. The Balaban J connectivity index is 1.54. The first kappa shape index (κ1) is 19.0. The Morgan fingerprint density at radius 3 is 2.37 bits per heavy atom. The average molecular weight is 364 g/mol. The quantitative estimate of drug-likeness (QED) is 0.633. The van der Waals surface area contributed by atoms with Crippen LogP contribution in [0.15, 0.2) is 59.6 Å². The summed E-state index contributed by atoms with van der Waals surface area (Å²) < 4.78 is 0. The van der Waals surface area contributed by atoms with Crippen LogP contribution in [0.5, 0.6) is 0 Å². The first-order valence-corrected chi connectivity index (χ1v) is 9.47. The van der Waals surface area contributed by atoms with Gasteiger partial charge in [0.2, 0.25) is 5.91 Å². The van der Waals surface area contributed by atoms with E-state index >= 15 is 0 Å². The van der Waals surface area contributed by atoms with E-state index in [0.29, 0.717) is 26.1 Å². The molecule has 27 heavy (non-hydrogen) atoms. The van der Waals surface area contributed by atoms with E-state index in [-0.39, 0.29) is 5.91 Å². The van der Waals surface area contributed by atoms with Crippen molar-refractivity contribution in [3.8, 4) is 0 Å². The molecule has 0 radical (unpaired) electrons. The van der Waals surface area contributed by atoms with Gasteiger partial charge < -0.3 is 15.1 Å². The number of guanidine groups is 1. The Kier molecular flexibility index (Phi) is 6.47. The number of rotatable bonds is 6. The molecule has 1 aliphatic rings. The molecule has 1 heterocycles. The SMILES string of the molecule is CN(C)C(=NCc1ccccc1)NCc1ccc(CN2CCCC2=O)cc1. The lowest BCUT2D eigenvalue weighted by molar-refractivity contribution is -0.128. The van der Waals surface area contributed by atoms with Crippen molar-refractivity contribution >= 4 is 11.9 Å². The van der Waals surface area contributed by atoms with E-state index in [4.69, 9.17) is 4.99 Å². The molecular weight excluding hydrogens is 336 g/mol. The monoisotopic (exact) mass is 364 g/mol. The number of nitrogens with one attached hydrogen (secondary N) is 1. The number of amides is 1. The van der Waals surface area contributed by atoms with Gasteiger partial charge in [-0.1, -0.05) is 54.6 Å². The summed E-state index contributed by atoms with van der Waals surface area (Å²) in [6.45, 7) is 2.97. The number of hydrogen-bond acceptors (Lipinski definition) is 2. The molecule has 1 amide bonds. The van der Waals surface area contributed by atoms with Crippen LogP contribution in [0.3, 0.4) is 0 Å². The van der Waals surface area contributed by atoms with Crippen molar-refractivity contribution in [3.05, 3.63) is 71.3 Å². The normalized spacial score (nSPS) is 14.5. The number of carbonyl (C=O) groups is 1. The van der Waals surface area contributed by atoms with Gasteiger partial charge in [-0.05, 0) is 23.1 Å². The van der Waals surface area contributed by atoms with Gasteiger partial charge in [0.05, 0.1) is 6.54 Å². The van der Waals surface area contributed by atoms with Crippen molar-refractivity contribution in [1.29, 1.82) is 0 Å². The van der Waals surface area contributed by atoms with Gasteiger partial charge in [0, 0.05) is 40.2 Å². The fraction of sp³-hybridized carbons (Fsp3) is 0.364. The highest BCUT2D eigenvalue weighted by atomic mass is 16.2. The van der Waals surface area contributed by atoms with Gasteiger partial charge in [0.25, 0.3) is 0 Å². The second kappa shape index (κ2) is 9.21. The lowest BCUT2D eigenvalue weighted by Crippen LogP contribution is -2.36. The van der Waals surface area contributed by atoms with Gasteiger partial charge in [-0.3, -0.25) is 4.79 Å². The molecule has 2 aromatic rings. The zero-order valence-electron chi connectivity index (χ0n) is 16.2. The van der Waals surface area contributed by atoms with Crippen LogP contribution in [-0.4, -0.2) is 42.3 Å². The van der Waals surface area contributed by atoms with Crippen molar-refractivity contribution in [3.63, 3.8) is 0 Å². The minimum absolute atomic E-state index is 0.269. The smallest absolute Gasteiger partial charge is 0.222 e. The summed E-state index contributed by atoms with van der Waals surface area (Å²) in [4.78, 5) is 20.4. The molecule has 1 saturated heterocycles. The fourth-order valence-electron chi connectivity index (χ4n) is 3.14. The molecule has 0 aliphatic carbocycles. The highest BCUT2D eigenvalue weighted by Crippen LogP contribution is 2.14. The second-order valence-corrected chi connectivity index (χ2v) is 7.11. The summed E-state index contributed by atoms with van der Waals surface area (Å²) >= 11 is 0. The van der Waals surface area contributed by atoms with Crippen LogP contribution in [0.1, 0.15) is 29.5 Å².